The highest BCUT2D eigenvalue weighted by atomic mass is 16.7. The van der Waals surface area contributed by atoms with Crippen molar-refractivity contribution in [3.05, 3.63) is 0 Å². The van der Waals surface area contributed by atoms with E-state index in [0.717, 1.165) is 0 Å². The van der Waals surface area contributed by atoms with Gasteiger partial charge in [-0.25, -0.2) is 9.59 Å². The lowest BCUT2D eigenvalue weighted by atomic mass is 9.96. The largest absolute Gasteiger partial charge is 0.394 e. The maximum atomic E-state index is 13.3. The number of urea groups is 2. The van der Waals surface area contributed by atoms with Crippen LogP contribution in [0.5, 0.6) is 0 Å². The third-order valence-electron chi connectivity index (χ3n) is 11.1. The van der Waals surface area contributed by atoms with Crippen molar-refractivity contribution in [2.24, 2.45) is 0 Å². The van der Waals surface area contributed by atoms with Gasteiger partial charge in [0, 0.05) is 26.2 Å². The van der Waals surface area contributed by atoms with Crippen LogP contribution < -0.4 is 10.6 Å². The zero-order valence-electron chi connectivity index (χ0n) is 33.3. The van der Waals surface area contributed by atoms with Crippen LogP contribution in [0.3, 0.4) is 0 Å². The summed E-state index contributed by atoms with van der Waals surface area (Å²) in [6, 6.07) is -1.60. The molecule has 0 bridgehead atoms. The highest BCUT2D eigenvalue weighted by Gasteiger charge is 2.53. The Morgan fingerprint density at radius 2 is 0.758 bits per heavy atom. The number of carbonyl (C=O) groups excluding carboxylic acids is 2. The van der Waals surface area contributed by atoms with Gasteiger partial charge >= 0.3 is 12.1 Å². The van der Waals surface area contributed by atoms with Crippen LogP contribution in [0.4, 0.5) is 9.59 Å². The molecule has 0 aromatic heterocycles. The molecule has 4 amide bonds. The molecule has 0 aromatic rings. The average molecular weight is 909 g/mol. The molecule has 28 heteroatoms. The van der Waals surface area contributed by atoms with Crippen LogP contribution in [0.15, 0.2) is 0 Å². The second-order valence-electron chi connectivity index (χ2n) is 15.2. The summed E-state index contributed by atoms with van der Waals surface area (Å²) >= 11 is 0. The number of ether oxygens (including phenoxy) is 8. The summed E-state index contributed by atoms with van der Waals surface area (Å²) in [6.45, 7) is -3.64. The summed E-state index contributed by atoms with van der Waals surface area (Å²) < 4.78 is 44.2. The molecule has 5 heterocycles. The van der Waals surface area contributed by atoms with E-state index in [-0.39, 0.29) is 52.6 Å². The fourth-order valence-electron chi connectivity index (χ4n) is 7.38. The third-order valence-corrected chi connectivity index (χ3v) is 11.1. The molecule has 360 valence electrons. The van der Waals surface area contributed by atoms with Gasteiger partial charge in [-0.3, -0.25) is 0 Å². The normalized spacial score (nSPS) is 44.2. The van der Waals surface area contributed by atoms with E-state index in [2.05, 4.69) is 10.6 Å². The summed E-state index contributed by atoms with van der Waals surface area (Å²) in [7, 11) is 0. The first kappa shape index (κ1) is 50.7. The van der Waals surface area contributed by atoms with Gasteiger partial charge in [-0.05, 0) is 0 Å². The minimum absolute atomic E-state index is 0.0477. The lowest BCUT2D eigenvalue weighted by molar-refractivity contribution is -0.342. The fraction of sp³-hybridized carbons (Fsp3) is 0.941. The Balaban J connectivity index is 1.10. The molecule has 0 saturated carbocycles. The Hall–Kier alpha value is -2.34. The molecule has 0 unspecified atom stereocenters. The number of nitrogens with zero attached hydrogens (tertiary/aromatic N) is 2. The lowest BCUT2D eigenvalue weighted by Gasteiger charge is -2.46. The molecular weight excluding hydrogens is 848 g/mol. The predicted molar refractivity (Wildman–Crippen MR) is 195 cm³/mol. The maximum absolute atomic E-state index is 13.3. The minimum Gasteiger partial charge on any atom is -0.394 e. The van der Waals surface area contributed by atoms with E-state index in [1.807, 2.05) is 0 Å². The number of hydrogen-bond acceptors (Lipinski definition) is 24. The van der Waals surface area contributed by atoms with Crippen LogP contribution in [0.25, 0.3) is 0 Å². The van der Waals surface area contributed by atoms with Crippen molar-refractivity contribution >= 4 is 12.1 Å². The quantitative estimate of drug-likeness (QED) is 0.0967. The first-order valence-corrected chi connectivity index (χ1v) is 20.0. The van der Waals surface area contributed by atoms with Crippen LogP contribution >= 0.6 is 0 Å². The molecule has 28 nitrogen and oxygen atoms in total. The van der Waals surface area contributed by atoms with Crippen molar-refractivity contribution in [2.45, 2.75) is 123 Å². The topological polar surface area (TPSA) is 422 Å². The standard InChI is InChI=1S/C34H60N4O24/c39-9-13-17(43)19(45)25(51)31(59-13)61-27-15(11-41)57-29(23(49)21(27)47)35-33(53)37-1-5-55-7-3-38(4-8-56-6-2-37)34(54)36-30-24(50)22(48)28(16(12-42)58-30)62-32-26(52)20(46)18(44)14(10-40)60-32/h13-32,39-52H,1-12H2,(H,35,53)(H,36,54)/t13-,14-,15-,16-,17-,18-,19+,20+,21-,22-,23-,24-,25-,26-,27-,28-,29-,30-,31+,32+/m1/s1. The first-order valence-electron chi connectivity index (χ1n) is 20.0. The second-order valence-corrected chi connectivity index (χ2v) is 15.2. The molecule has 0 spiro atoms. The van der Waals surface area contributed by atoms with E-state index in [9.17, 15) is 81.1 Å². The number of aliphatic hydroxyl groups is 14. The van der Waals surface area contributed by atoms with Crippen LogP contribution in [-0.2, 0) is 37.9 Å². The molecular formula is C34H60N4O24. The molecule has 0 aromatic carbocycles. The van der Waals surface area contributed by atoms with Gasteiger partial charge in [0.1, 0.15) is 97.7 Å². The van der Waals surface area contributed by atoms with Crippen molar-refractivity contribution in [1.29, 1.82) is 0 Å². The highest BCUT2D eigenvalue weighted by Crippen LogP contribution is 2.30. The molecule has 0 aliphatic carbocycles. The van der Waals surface area contributed by atoms with Gasteiger partial charge in [-0.2, -0.15) is 0 Å². The van der Waals surface area contributed by atoms with Crippen molar-refractivity contribution in [2.75, 3.05) is 79.0 Å². The van der Waals surface area contributed by atoms with E-state index in [0.29, 0.717) is 0 Å². The SMILES string of the molecule is O=C(N[C@@H]1O[C@H](CO)[C@@H](O[C@@H]2O[C@H](CO)[C@@H](O)[C@H](O)[C@H]2O)[C@H](O)[C@H]1O)N1CCOCCN(C(=O)N[C@@H]2O[C@H](CO)[C@@H](O[C@@H]3O[C@H](CO)[C@@H](O)[C@H](O)[C@H]3O)[C@H](O)[C@H]2O)CCOCC1. The molecule has 16 N–H and O–H groups in total. The van der Waals surface area contributed by atoms with Crippen LogP contribution in [0, 0.1) is 0 Å². The van der Waals surface area contributed by atoms with Gasteiger partial charge in [0.15, 0.2) is 25.0 Å². The van der Waals surface area contributed by atoms with Gasteiger partial charge < -0.3 is 130 Å². The van der Waals surface area contributed by atoms with Crippen LogP contribution in [-0.4, -0.2) is 295 Å². The molecule has 5 aliphatic rings. The molecule has 5 rings (SSSR count). The zero-order chi connectivity index (χ0) is 45.4. The van der Waals surface area contributed by atoms with E-state index in [4.69, 9.17) is 37.9 Å². The van der Waals surface area contributed by atoms with Crippen molar-refractivity contribution in [3.8, 4) is 0 Å². The predicted octanol–water partition coefficient (Wildman–Crippen LogP) is -10.7. The lowest BCUT2D eigenvalue weighted by Crippen LogP contribution is -2.67. The monoisotopic (exact) mass is 908 g/mol. The zero-order valence-corrected chi connectivity index (χ0v) is 33.3. The molecule has 62 heavy (non-hydrogen) atoms. The van der Waals surface area contributed by atoms with E-state index in [1.165, 1.54) is 9.80 Å². The van der Waals surface area contributed by atoms with Gasteiger partial charge in [0.25, 0.3) is 0 Å². The molecule has 5 fully saturated rings. The van der Waals surface area contributed by atoms with Gasteiger partial charge in [0.05, 0.1) is 52.9 Å². The number of aliphatic hydroxyl groups excluding tert-OH is 14. The van der Waals surface area contributed by atoms with Gasteiger partial charge in [-0.15, -0.1) is 0 Å². The van der Waals surface area contributed by atoms with Crippen molar-refractivity contribution in [1.82, 2.24) is 20.4 Å². The second kappa shape index (κ2) is 23.2. The smallest absolute Gasteiger partial charge is 0.319 e. The molecule has 0 radical (unpaired) electrons. The Bertz CT molecular complexity index is 1280. The van der Waals surface area contributed by atoms with Crippen molar-refractivity contribution in [3.63, 3.8) is 0 Å². The van der Waals surface area contributed by atoms with E-state index >= 15 is 0 Å². The summed E-state index contributed by atoms with van der Waals surface area (Å²) in [5, 5.41) is 148. The Morgan fingerprint density at radius 3 is 1.06 bits per heavy atom. The van der Waals surface area contributed by atoms with Crippen LogP contribution in [0.2, 0.25) is 0 Å². The summed E-state index contributed by atoms with van der Waals surface area (Å²) in [4.78, 5) is 29.2. The summed E-state index contributed by atoms with van der Waals surface area (Å²) in [6.07, 6.45) is -33.5. The number of carbonyl (C=O) groups is 2. The number of rotatable bonds is 10. The number of hydrogen-bond donors (Lipinski definition) is 16. The minimum atomic E-state index is -1.86. The number of nitrogens with one attached hydrogen (secondary N) is 2. The first-order chi connectivity index (χ1) is 29.6. The van der Waals surface area contributed by atoms with E-state index < -0.39 is 161 Å². The summed E-state index contributed by atoms with van der Waals surface area (Å²) in [5.74, 6) is 0. The maximum Gasteiger partial charge on any atom is 0.319 e. The summed E-state index contributed by atoms with van der Waals surface area (Å²) in [5.41, 5.74) is 0. The highest BCUT2D eigenvalue weighted by molar-refractivity contribution is 5.75. The van der Waals surface area contributed by atoms with E-state index in [1.54, 1.807) is 0 Å². The van der Waals surface area contributed by atoms with Gasteiger partial charge in [-0.1, -0.05) is 0 Å². The number of amides is 4. The van der Waals surface area contributed by atoms with Crippen molar-refractivity contribution < 1.29 is 119 Å². The molecule has 20 atom stereocenters. The molecule has 5 aliphatic heterocycles. The third kappa shape index (κ3) is 11.7. The Morgan fingerprint density at radius 1 is 0.435 bits per heavy atom. The van der Waals surface area contributed by atoms with Gasteiger partial charge in [0.2, 0.25) is 0 Å². The average Bonchev–Trinajstić information content (AvgIpc) is 3.25. The van der Waals surface area contributed by atoms with Crippen LogP contribution in [0.1, 0.15) is 0 Å². The Kier molecular flexibility index (Phi) is 19.0. The molecule has 5 saturated heterocycles. The Labute approximate surface area is 353 Å². The fourth-order valence-corrected chi connectivity index (χ4v) is 7.38.